The highest BCUT2D eigenvalue weighted by atomic mass is 35.5. The van der Waals surface area contributed by atoms with Crippen LogP contribution in [0.2, 0.25) is 5.02 Å². The van der Waals surface area contributed by atoms with E-state index in [9.17, 15) is 18.8 Å². The highest BCUT2D eigenvalue weighted by molar-refractivity contribution is 6.40. The molecule has 7 heteroatoms. The summed E-state index contributed by atoms with van der Waals surface area (Å²) in [6.07, 6.45) is 0. The molecule has 0 aromatic heterocycles. The van der Waals surface area contributed by atoms with Crippen LogP contribution in [0, 0.1) is 12.7 Å². The summed E-state index contributed by atoms with van der Waals surface area (Å²) in [4.78, 5) is 38.7. The minimum atomic E-state index is -0.514. The Balaban J connectivity index is 1.61. The third-order valence-corrected chi connectivity index (χ3v) is 4.99. The number of amides is 3. The van der Waals surface area contributed by atoms with Crippen molar-refractivity contribution in [2.75, 3.05) is 10.2 Å². The number of nitrogens with one attached hydrogen (secondary N) is 1. The van der Waals surface area contributed by atoms with Gasteiger partial charge in [0.05, 0.1) is 21.8 Å². The van der Waals surface area contributed by atoms with Gasteiger partial charge in [-0.2, -0.15) is 0 Å². The first kappa shape index (κ1) is 18.8. The predicted octanol–water partition coefficient (Wildman–Crippen LogP) is 4.84. The van der Waals surface area contributed by atoms with E-state index in [0.29, 0.717) is 22.4 Å². The van der Waals surface area contributed by atoms with Gasteiger partial charge >= 0.3 is 0 Å². The van der Waals surface area contributed by atoms with E-state index < -0.39 is 23.5 Å². The van der Waals surface area contributed by atoms with Crippen molar-refractivity contribution in [3.05, 3.63) is 93.8 Å². The first-order valence-corrected chi connectivity index (χ1v) is 9.09. The number of halogens is 2. The number of rotatable bonds is 3. The maximum Gasteiger partial charge on any atom is 0.266 e. The van der Waals surface area contributed by atoms with Gasteiger partial charge in [-0.05, 0) is 55.0 Å². The van der Waals surface area contributed by atoms with E-state index in [4.69, 9.17) is 11.6 Å². The molecule has 29 heavy (non-hydrogen) atoms. The minimum Gasteiger partial charge on any atom is -0.322 e. The average Bonchev–Trinajstić information content (AvgIpc) is 2.95. The standard InChI is InChI=1S/C22H14ClFN2O3/c1-12-6-7-13(24)10-17(12)20(27)25-14-8-9-19(18(23)11-14)26-21(28)15-4-2-3-5-16(15)22(26)29/h2-11H,1H3,(H,25,27). The van der Waals surface area contributed by atoms with Crippen molar-refractivity contribution in [2.24, 2.45) is 0 Å². The molecule has 1 heterocycles. The molecular weight excluding hydrogens is 395 g/mol. The molecule has 4 rings (SSSR count). The molecule has 1 N–H and O–H groups in total. The average molecular weight is 409 g/mol. The summed E-state index contributed by atoms with van der Waals surface area (Å²) in [5, 5.41) is 2.76. The quantitative estimate of drug-likeness (QED) is 0.630. The van der Waals surface area contributed by atoms with Crippen LogP contribution >= 0.6 is 11.6 Å². The number of carbonyl (C=O) groups is 3. The van der Waals surface area contributed by atoms with Gasteiger partial charge in [0.2, 0.25) is 0 Å². The fourth-order valence-corrected chi connectivity index (χ4v) is 3.48. The van der Waals surface area contributed by atoms with Crippen molar-refractivity contribution >= 4 is 40.7 Å². The summed E-state index contributed by atoms with van der Waals surface area (Å²) < 4.78 is 13.5. The molecule has 0 unspecified atom stereocenters. The summed E-state index contributed by atoms with van der Waals surface area (Å²) in [5.41, 5.74) is 2.02. The van der Waals surface area contributed by atoms with Crippen LogP contribution in [0.25, 0.3) is 0 Å². The first-order chi connectivity index (χ1) is 13.9. The van der Waals surface area contributed by atoms with Crippen LogP contribution in [0.1, 0.15) is 36.6 Å². The Morgan fingerprint density at radius 2 is 1.62 bits per heavy atom. The molecule has 0 bridgehead atoms. The largest absolute Gasteiger partial charge is 0.322 e. The topological polar surface area (TPSA) is 66.5 Å². The molecule has 3 amide bonds. The van der Waals surface area contributed by atoms with E-state index in [0.717, 1.165) is 11.0 Å². The highest BCUT2D eigenvalue weighted by Crippen LogP contribution is 2.35. The Hall–Kier alpha value is -3.51. The molecule has 3 aromatic carbocycles. The van der Waals surface area contributed by atoms with Crippen molar-refractivity contribution in [1.29, 1.82) is 0 Å². The third kappa shape index (κ3) is 3.28. The lowest BCUT2D eigenvalue weighted by Gasteiger charge is -2.17. The monoisotopic (exact) mass is 408 g/mol. The second kappa shape index (κ2) is 7.14. The Morgan fingerprint density at radius 1 is 0.966 bits per heavy atom. The highest BCUT2D eigenvalue weighted by Gasteiger charge is 2.37. The Morgan fingerprint density at radius 3 is 2.24 bits per heavy atom. The minimum absolute atomic E-state index is 0.119. The zero-order valence-corrected chi connectivity index (χ0v) is 16.0. The van der Waals surface area contributed by atoms with Gasteiger partial charge in [-0.25, -0.2) is 9.29 Å². The van der Waals surface area contributed by atoms with E-state index in [2.05, 4.69) is 5.32 Å². The number of fused-ring (bicyclic) bond motifs is 1. The van der Waals surface area contributed by atoms with Crippen LogP contribution in [-0.4, -0.2) is 17.7 Å². The number of hydrogen-bond donors (Lipinski definition) is 1. The van der Waals surface area contributed by atoms with Crippen LogP contribution in [-0.2, 0) is 0 Å². The lowest BCUT2D eigenvalue weighted by Crippen LogP contribution is -2.29. The molecule has 0 radical (unpaired) electrons. The number of aryl methyl sites for hydroxylation is 1. The first-order valence-electron chi connectivity index (χ1n) is 8.71. The van der Waals surface area contributed by atoms with Crippen LogP contribution in [0.3, 0.4) is 0 Å². The number of imide groups is 1. The normalized spacial score (nSPS) is 12.9. The lowest BCUT2D eigenvalue weighted by molar-refractivity contribution is 0.0924. The van der Waals surface area contributed by atoms with Crippen molar-refractivity contribution in [2.45, 2.75) is 6.92 Å². The predicted molar refractivity (Wildman–Crippen MR) is 108 cm³/mol. The van der Waals surface area contributed by atoms with Crippen LogP contribution in [0.15, 0.2) is 60.7 Å². The van der Waals surface area contributed by atoms with Crippen molar-refractivity contribution in [3.63, 3.8) is 0 Å². The molecule has 0 atom stereocenters. The second-order valence-corrected chi connectivity index (χ2v) is 6.98. The second-order valence-electron chi connectivity index (χ2n) is 6.57. The van der Waals surface area contributed by atoms with Gasteiger partial charge in [0, 0.05) is 11.3 Å². The van der Waals surface area contributed by atoms with E-state index in [-0.39, 0.29) is 16.3 Å². The van der Waals surface area contributed by atoms with E-state index in [1.807, 2.05) is 0 Å². The van der Waals surface area contributed by atoms with Crippen LogP contribution < -0.4 is 10.2 Å². The number of nitrogens with zero attached hydrogens (tertiary/aromatic N) is 1. The Bertz CT molecular complexity index is 1160. The number of anilines is 2. The molecule has 1 aliphatic rings. The van der Waals surface area contributed by atoms with Gasteiger partial charge < -0.3 is 5.32 Å². The molecule has 0 aliphatic carbocycles. The van der Waals surface area contributed by atoms with Gasteiger partial charge in [-0.15, -0.1) is 0 Å². The molecule has 5 nitrogen and oxygen atoms in total. The maximum atomic E-state index is 13.5. The van der Waals surface area contributed by atoms with Gasteiger partial charge in [0.1, 0.15) is 5.82 Å². The van der Waals surface area contributed by atoms with Gasteiger partial charge in [-0.1, -0.05) is 29.8 Å². The summed E-state index contributed by atoms with van der Waals surface area (Å²) in [7, 11) is 0. The smallest absolute Gasteiger partial charge is 0.266 e. The summed E-state index contributed by atoms with van der Waals surface area (Å²) in [6, 6.07) is 14.9. The zero-order valence-electron chi connectivity index (χ0n) is 15.2. The molecule has 1 aliphatic heterocycles. The van der Waals surface area contributed by atoms with E-state index in [1.54, 1.807) is 31.2 Å². The Labute approximate surface area is 170 Å². The van der Waals surface area contributed by atoms with Crippen molar-refractivity contribution in [3.8, 4) is 0 Å². The summed E-state index contributed by atoms with van der Waals surface area (Å²) in [5.74, 6) is -1.93. The van der Waals surface area contributed by atoms with Crippen LogP contribution in [0.5, 0.6) is 0 Å². The van der Waals surface area contributed by atoms with Gasteiger partial charge in [-0.3, -0.25) is 14.4 Å². The summed E-state index contributed by atoms with van der Waals surface area (Å²) >= 11 is 6.31. The molecule has 3 aromatic rings. The van der Waals surface area contributed by atoms with Gasteiger partial charge in [0.15, 0.2) is 0 Å². The van der Waals surface area contributed by atoms with E-state index >= 15 is 0 Å². The van der Waals surface area contributed by atoms with Crippen molar-refractivity contribution < 1.29 is 18.8 Å². The fourth-order valence-electron chi connectivity index (χ4n) is 3.21. The fraction of sp³-hybridized carbons (Fsp3) is 0.0455. The van der Waals surface area contributed by atoms with E-state index in [1.165, 1.54) is 30.3 Å². The molecule has 0 fully saturated rings. The number of benzene rings is 3. The molecular formula is C22H14ClFN2O3. The molecule has 144 valence electrons. The zero-order chi connectivity index (χ0) is 20.7. The van der Waals surface area contributed by atoms with Crippen molar-refractivity contribution in [1.82, 2.24) is 0 Å². The van der Waals surface area contributed by atoms with Crippen LogP contribution in [0.4, 0.5) is 15.8 Å². The SMILES string of the molecule is Cc1ccc(F)cc1C(=O)Nc1ccc(N2C(=O)c3ccccc3C2=O)c(Cl)c1. The van der Waals surface area contributed by atoms with Gasteiger partial charge in [0.25, 0.3) is 17.7 Å². The summed E-state index contributed by atoms with van der Waals surface area (Å²) in [6.45, 7) is 1.70. The lowest BCUT2D eigenvalue weighted by atomic mass is 10.1. The molecule has 0 saturated carbocycles. The Kier molecular flexibility index (Phi) is 4.64. The number of carbonyl (C=O) groups excluding carboxylic acids is 3. The maximum absolute atomic E-state index is 13.5. The molecule has 0 saturated heterocycles. The molecule has 0 spiro atoms. The third-order valence-electron chi connectivity index (χ3n) is 4.68. The number of hydrogen-bond acceptors (Lipinski definition) is 3.